The molecule has 0 aliphatic rings. The van der Waals surface area contributed by atoms with Crippen LogP contribution in [-0.4, -0.2) is 4.98 Å². The third kappa shape index (κ3) is 5.37. The summed E-state index contributed by atoms with van der Waals surface area (Å²) in [4.78, 5) is 7.04. The zero-order chi connectivity index (χ0) is 34.4. The fraction of sp³-hybridized carbons (Fsp3) is 0. The lowest BCUT2D eigenvalue weighted by atomic mass is 9.96. The van der Waals surface area contributed by atoms with Crippen molar-refractivity contribution >= 4 is 60.5 Å². The Morgan fingerprint density at radius 2 is 0.865 bits per heavy atom. The third-order valence-electron chi connectivity index (χ3n) is 10.1. The Balaban J connectivity index is 1.04. The molecule has 0 spiro atoms. The van der Waals surface area contributed by atoms with Gasteiger partial charge in [-0.25, -0.2) is 4.98 Å². The lowest BCUT2D eigenvalue weighted by molar-refractivity contribution is 0.620. The fourth-order valence-electron chi connectivity index (χ4n) is 7.38. The van der Waals surface area contributed by atoms with E-state index in [9.17, 15) is 0 Å². The van der Waals surface area contributed by atoms with Crippen LogP contribution in [0.25, 0.3) is 77.1 Å². The molecule has 0 saturated heterocycles. The highest BCUT2D eigenvalue weighted by molar-refractivity contribution is 6.09. The summed E-state index contributed by atoms with van der Waals surface area (Å²) in [5.74, 6) is 0.618. The lowest BCUT2D eigenvalue weighted by Crippen LogP contribution is -2.09. The molecule has 3 heteroatoms. The van der Waals surface area contributed by atoms with E-state index < -0.39 is 0 Å². The van der Waals surface area contributed by atoms with Crippen LogP contribution in [0.4, 0.5) is 17.1 Å². The summed E-state index contributed by atoms with van der Waals surface area (Å²) in [6.07, 6.45) is 0. The zero-order valence-electron chi connectivity index (χ0n) is 28.3. The molecule has 9 aromatic carbocycles. The van der Waals surface area contributed by atoms with Crippen molar-refractivity contribution in [3.63, 3.8) is 0 Å². The average molecular weight is 665 g/mol. The Labute approximate surface area is 301 Å². The predicted molar refractivity (Wildman–Crippen MR) is 218 cm³/mol. The molecule has 3 nitrogen and oxygen atoms in total. The zero-order valence-corrected chi connectivity index (χ0v) is 28.3. The van der Waals surface area contributed by atoms with Crippen molar-refractivity contribution in [1.29, 1.82) is 0 Å². The van der Waals surface area contributed by atoms with Gasteiger partial charge in [0.15, 0.2) is 5.58 Å². The second-order valence-electron chi connectivity index (χ2n) is 13.3. The van der Waals surface area contributed by atoms with Crippen molar-refractivity contribution in [3.05, 3.63) is 194 Å². The molecule has 0 atom stereocenters. The first kappa shape index (κ1) is 29.9. The van der Waals surface area contributed by atoms with Gasteiger partial charge in [0.25, 0.3) is 0 Å². The number of nitrogens with zero attached hydrogens (tertiary/aromatic N) is 2. The minimum absolute atomic E-state index is 0.618. The quantitative estimate of drug-likeness (QED) is 0.166. The van der Waals surface area contributed by atoms with Crippen molar-refractivity contribution in [2.45, 2.75) is 0 Å². The Bertz CT molecular complexity index is 2860. The highest BCUT2D eigenvalue weighted by Gasteiger charge is 2.16. The Hall–Kier alpha value is -6.97. The van der Waals surface area contributed by atoms with Gasteiger partial charge < -0.3 is 9.32 Å². The van der Waals surface area contributed by atoms with Gasteiger partial charge in [-0.15, -0.1) is 0 Å². The largest absolute Gasteiger partial charge is 0.436 e. The van der Waals surface area contributed by atoms with Crippen molar-refractivity contribution in [2.24, 2.45) is 0 Å². The Kier molecular flexibility index (Phi) is 7.14. The number of para-hydroxylation sites is 2. The summed E-state index contributed by atoms with van der Waals surface area (Å²) in [5.41, 5.74) is 10.6. The predicted octanol–water partition coefficient (Wildman–Crippen LogP) is 13.8. The van der Waals surface area contributed by atoms with Crippen LogP contribution in [0.1, 0.15) is 0 Å². The smallest absolute Gasteiger partial charge is 0.227 e. The van der Waals surface area contributed by atoms with Gasteiger partial charge >= 0.3 is 0 Å². The molecule has 10 aromatic rings. The minimum Gasteiger partial charge on any atom is -0.436 e. The third-order valence-corrected chi connectivity index (χ3v) is 10.1. The summed E-state index contributed by atoms with van der Waals surface area (Å²) in [6, 6.07) is 69.0. The summed E-state index contributed by atoms with van der Waals surface area (Å²) < 4.78 is 6.09. The molecular formula is C49H32N2O. The van der Waals surface area contributed by atoms with Crippen molar-refractivity contribution in [3.8, 4) is 33.7 Å². The number of anilines is 3. The van der Waals surface area contributed by atoms with Gasteiger partial charge in [-0.05, 0) is 127 Å². The van der Waals surface area contributed by atoms with Gasteiger partial charge in [-0.2, -0.15) is 0 Å². The fourth-order valence-corrected chi connectivity index (χ4v) is 7.38. The minimum atomic E-state index is 0.618. The molecule has 0 aliphatic heterocycles. The summed E-state index contributed by atoms with van der Waals surface area (Å²) in [7, 11) is 0. The molecule has 0 unspecified atom stereocenters. The molecule has 0 bridgehead atoms. The van der Waals surface area contributed by atoms with E-state index in [0.29, 0.717) is 5.89 Å². The van der Waals surface area contributed by atoms with Crippen LogP contribution in [0.3, 0.4) is 0 Å². The van der Waals surface area contributed by atoms with E-state index in [-0.39, 0.29) is 0 Å². The molecule has 0 radical (unpaired) electrons. The van der Waals surface area contributed by atoms with Gasteiger partial charge in [0.2, 0.25) is 5.89 Å². The number of fused-ring (bicyclic) bond motifs is 5. The van der Waals surface area contributed by atoms with Gasteiger partial charge in [-0.3, -0.25) is 0 Å². The monoisotopic (exact) mass is 664 g/mol. The average Bonchev–Trinajstić information content (AvgIpc) is 3.66. The van der Waals surface area contributed by atoms with Crippen LogP contribution >= 0.6 is 0 Å². The van der Waals surface area contributed by atoms with Crippen molar-refractivity contribution < 1.29 is 4.42 Å². The van der Waals surface area contributed by atoms with Crippen LogP contribution in [0.2, 0.25) is 0 Å². The molecule has 0 fully saturated rings. The molecular weight excluding hydrogens is 633 g/mol. The van der Waals surface area contributed by atoms with E-state index >= 15 is 0 Å². The van der Waals surface area contributed by atoms with Crippen LogP contribution < -0.4 is 4.90 Å². The van der Waals surface area contributed by atoms with Crippen LogP contribution in [0.15, 0.2) is 199 Å². The lowest BCUT2D eigenvalue weighted by Gasteiger charge is -2.26. The maximum absolute atomic E-state index is 6.09. The van der Waals surface area contributed by atoms with E-state index in [1.807, 2.05) is 24.3 Å². The first-order chi connectivity index (χ1) is 25.7. The second kappa shape index (κ2) is 12.4. The van der Waals surface area contributed by atoms with Crippen molar-refractivity contribution in [2.75, 3.05) is 4.90 Å². The molecule has 0 aliphatic carbocycles. The standard InChI is InChI=1S/C49H32N2O/c1-2-8-33(9-3-1)35-18-23-42(24-19-35)51(43-25-20-36(21-26-43)49-50-47-12-6-7-13-48(47)52-49)44-27-29-46-41(32-44)17-16-40-31-39(22-28-45(40)46)38-15-14-34-10-4-5-11-37(34)30-38/h1-32H. The summed E-state index contributed by atoms with van der Waals surface area (Å²) >= 11 is 0. The molecule has 10 rings (SSSR count). The highest BCUT2D eigenvalue weighted by Crippen LogP contribution is 2.40. The Morgan fingerprint density at radius 1 is 0.346 bits per heavy atom. The molecule has 52 heavy (non-hydrogen) atoms. The van der Waals surface area contributed by atoms with Crippen LogP contribution in [-0.2, 0) is 0 Å². The van der Waals surface area contributed by atoms with Gasteiger partial charge in [-0.1, -0.05) is 121 Å². The van der Waals surface area contributed by atoms with Gasteiger partial charge in [0.1, 0.15) is 5.52 Å². The maximum Gasteiger partial charge on any atom is 0.227 e. The highest BCUT2D eigenvalue weighted by atomic mass is 16.3. The van der Waals surface area contributed by atoms with E-state index in [4.69, 9.17) is 9.40 Å². The topological polar surface area (TPSA) is 29.3 Å². The van der Waals surface area contributed by atoms with E-state index in [1.54, 1.807) is 0 Å². The number of benzene rings is 9. The van der Waals surface area contributed by atoms with Gasteiger partial charge in [0, 0.05) is 22.6 Å². The van der Waals surface area contributed by atoms with Gasteiger partial charge in [0.05, 0.1) is 0 Å². The first-order valence-corrected chi connectivity index (χ1v) is 17.6. The normalized spacial score (nSPS) is 11.5. The molecule has 244 valence electrons. The molecule has 1 heterocycles. The van der Waals surface area contributed by atoms with E-state index in [0.717, 1.165) is 33.7 Å². The molecule has 0 amide bonds. The second-order valence-corrected chi connectivity index (χ2v) is 13.3. The summed E-state index contributed by atoms with van der Waals surface area (Å²) in [5, 5.41) is 7.42. The molecule has 0 saturated carbocycles. The number of rotatable bonds is 6. The van der Waals surface area contributed by atoms with Crippen LogP contribution in [0.5, 0.6) is 0 Å². The first-order valence-electron chi connectivity index (χ1n) is 17.6. The number of hydrogen-bond donors (Lipinski definition) is 0. The number of hydrogen-bond acceptors (Lipinski definition) is 3. The Morgan fingerprint density at radius 3 is 1.62 bits per heavy atom. The van der Waals surface area contributed by atoms with E-state index in [1.165, 1.54) is 54.6 Å². The SMILES string of the molecule is c1ccc(-c2ccc(N(c3ccc(-c4nc5ccccc5o4)cc3)c3ccc4c(ccc5cc(-c6ccc7ccccc7c6)ccc54)c3)cc2)cc1. The number of aromatic nitrogens is 1. The van der Waals surface area contributed by atoms with E-state index in [2.05, 4.69) is 175 Å². The summed E-state index contributed by atoms with van der Waals surface area (Å²) in [6.45, 7) is 0. The maximum atomic E-state index is 6.09. The van der Waals surface area contributed by atoms with Crippen molar-refractivity contribution in [1.82, 2.24) is 4.98 Å². The van der Waals surface area contributed by atoms with Crippen LogP contribution in [0, 0.1) is 0 Å². The number of oxazole rings is 1. The molecule has 0 N–H and O–H groups in total. The molecule has 1 aromatic heterocycles.